The van der Waals surface area contributed by atoms with Crippen molar-refractivity contribution in [2.45, 2.75) is 82.7 Å². The van der Waals surface area contributed by atoms with Crippen LogP contribution in [0.4, 0.5) is 11.6 Å². The number of pyridine rings is 1. The van der Waals surface area contributed by atoms with Crippen molar-refractivity contribution in [2.24, 2.45) is 0 Å². The number of aromatic nitrogens is 4. The highest BCUT2D eigenvalue weighted by atomic mass is 16.5. The zero-order valence-electron chi connectivity index (χ0n) is 24.2. The Morgan fingerprint density at radius 3 is 2.41 bits per heavy atom. The third-order valence-corrected chi connectivity index (χ3v) is 7.89. The van der Waals surface area contributed by atoms with Gasteiger partial charge in [-0.25, -0.2) is 15.0 Å². The number of aliphatic hydroxyl groups excluding tert-OH is 2. The fraction of sp³-hybridized carbons (Fsp3) is 0.586. The van der Waals surface area contributed by atoms with Crippen molar-refractivity contribution in [3.63, 3.8) is 0 Å². The Labute approximate surface area is 241 Å². The highest BCUT2D eigenvalue weighted by molar-refractivity contribution is 6.02. The van der Waals surface area contributed by atoms with Crippen molar-refractivity contribution in [1.82, 2.24) is 30.6 Å². The van der Waals surface area contributed by atoms with Gasteiger partial charge < -0.3 is 41.2 Å². The summed E-state index contributed by atoms with van der Waals surface area (Å²) in [5.74, 6) is 0.114. The first-order valence-electron chi connectivity index (χ1n) is 14.5. The van der Waals surface area contributed by atoms with Crippen LogP contribution in [0.15, 0.2) is 30.7 Å². The Kier molecular flexibility index (Phi) is 10.9. The van der Waals surface area contributed by atoms with Gasteiger partial charge in [0.05, 0.1) is 42.1 Å². The summed E-state index contributed by atoms with van der Waals surface area (Å²) in [7, 11) is 1.42. The summed E-state index contributed by atoms with van der Waals surface area (Å²) in [6, 6.07) is 4.30. The quantitative estimate of drug-likeness (QED) is 0.248. The fourth-order valence-corrected chi connectivity index (χ4v) is 5.75. The number of nitrogens with zero attached hydrogens (tertiary/aromatic N) is 4. The molecule has 6 rings (SSSR count). The van der Waals surface area contributed by atoms with Crippen LogP contribution in [-0.2, 0) is 9.53 Å². The lowest BCUT2D eigenvalue weighted by Crippen LogP contribution is -2.37. The first-order valence-corrected chi connectivity index (χ1v) is 14.5. The topological polar surface area (TPSA) is 175 Å². The zero-order chi connectivity index (χ0) is 29.4. The number of anilines is 2. The van der Waals surface area contributed by atoms with Gasteiger partial charge in [-0.15, -0.1) is 0 Å². The molecule has 0 unspecified atom stereocenters. The fourth-order valence-electron chi connectivity index (χ4n) is 5.75. The van der Waals surface area contributed by atoms with E-state index in [9.17, 15) is 9.90 Å². The molecule has 0 radical (unpaired) electrons. The molecule has 7 N–H and O–H groups in total. The van der Waals surface area contributed by atoms with E-state index in [1.165, 1.54) is 13.5 Å². The summed E-state index contributed by atoms with van der Waals surface area (Å²) in [5.41, 5.74) is 9.31. The van der Waals surface area contributed by atoms with E-state index >= 15 is 0 Å². The monoisotopic (exact) mass is 568 g/mol. The minimum Gasteiger partial charge on any atom is -0.468 e. The second-order valence-electron chi connectivity index (χ2n) is 10.8. The number of nitrogen functional groups attached to an aromatic ring is 1. The van der Waals surface area contributed by atoms with E-state index in [0.717, 1.165) is 79.7 Å². The van der Waals surface area contributed by atoms with Gasteiger partial charge in [-0.3, -0.25) is 4.79 Å². The summed E-state index contributed by atoms with van der Waals surface area (Å²) < 4.78 is 4.53. The largest absolute Gasteiger partial charge is 0.468 e. The molecule has 41 heavy (non-hydrogen) atoms. The van der Waals surface area contributed by atoms with Crippen molar-refractivity contribution in [2.75, 3.05) is 37.4 Å². The molecule has 3 aliphatic heterocycles. The number of hydrogen-bond acceptors (Lipinski definition) is 11. The van der Waals surface area contributed by atoms with Crippen LogP contribution in [0.25, 0.3) is 22.3 Å². The van der Waals surface area contributed by atoms with Crippen LogP contribution >= 0.6 is 0 Å². The number of carbonyl (C=O) groups is 1. The van der Waals surface area contributed by atoms with Gasteiger partial charge in [0, 0.05) is 36.7 Å². The molecule has 224 valence electrons. The Morgan fingerprint density at radius 2 is 1.80 bits per heavy atom. The van der Waals surface area contributed by atoms with E-state index in [2.05, 4.69) is 40.2 Å². The smallest absolute Gasteiger partial charge is 0.322 e. The molecule has 6 heterocycles. The van der Waals surface area contributed by atoms with E-state index in [1.807, 2.05) is 32.2 Å². The number of nitrogens with one attached hydrogen (secondary N) is 3. The van der Waals surface area contributed by atoms with Crippen LogP contribution in [0.5, 0.6) is 0 Å². The Balaban J connectivity index is 0.000000186. The summed E-state index contributed by atoms with van der Waals surface area (Å²) in [6.45, 7) is 6.63. The van der Waals surface area contributed by atoms with E-state index in [-0.39, 0.29) is 36.2 Å². The van der Waals surface area contributed by atoms with Gasteiger partial charge in [0.2, 0.25) is 5.95 Å². The number of rotatable bonds is 5. The number of nitrogens with two attached hydrogens (primary N) is 1. The highest BCUT2D eigenvalue weighted by Gasteiger charge is 2.30. The standard InChI is InChI=1S/C17H20N6O.C6H11NO2.C6H13NO/c1-10(24)13-3-2-8-23(13)14-5-7-19-16-15(14)11(9-21-16)12-4-6-20-17(18)22-12;1-9-6(8)5-3-2-4-7-5;1-5(8)6-3-2-4-7-6/h4-7,9-10,13,24H,2-3,8H2,1H3,(H,19,21)(H2,18,20,22);5,7H,2-4H2,1H3;5-8H,2-4H2,1H3/t10-,13+;5-;5-,6+/m101/s1. The van der Waals surface area contributed by atoms with Crippen LogP contribution in [0.2, 0.25) is 0 Å². The minimum absolute atomic E-state index is 0.0324. The lowest BCUT2D eigenvalue weighted by Gasteiger charge is -2.29. The van der Waals surface area contributed by atoms with Crippen molar-refractivity contribution >= 4 is 28.6 Å². The van der Waals surface area contributed by atoms with Crippen LogP contribution in [-0.4, -0.2) is 93.2 Å². The second kappa shape index (κ2) is 14.5. The minimum atomic E-state index is -0.382. The number of carbonyl (C=O) groups excluding carboxylic acids is 1. The van der Waals surface area contributed by atoms with Crippen LogP contribution in [0, 0.1) is 0 Å². The molecule has 12 heteroatoms. The molecule has 0 bridgehead atoms. The molecule has 3 fully saturated rings. The summed E-state index contributed by atoms with van der Waals surface area (Å²) in [4.78, 5) is 28.9. The van der Waals surface area contributed by atoms with E-state index in [1.54, 1.807) is 12.4 Å². The highest BCUT2D eigenvalue weighted by Crippen LogP contribution is 2.37. The molecule has 0 saturated carbocycles. The number of ether oxygens (including phenoxy) is 1. The molecule has 12 nitrogen and oxygen atoms in total. The van der Waals surface area contributed by atoms with Gasteiger partial charge in [-0.1, -0.05) is 0 Å². The summed E-state index contributed by atoms with van der Waals surface area (Å²) in [5, 5.41) is 26.4. The third-order valence-electron chi connectivity index (χ3n) is 7.89. The van der Waals surface area contributed by atoms with Crippen LogP contribution in [0.1, 0.15) is 52.4 Å². The molecule has 0 amide bonds. The summed E-state index contributed by atoms with van der Waals surface area (Å²) >= 11 is 0. The van der Waals surface area contributed by atoms with Crippen molar-refractivity contribution in [3.8, 4) is 11.3 Å². The van der Waals surface area contributed by atoms with Gasteiger partial charge in [0.25, 0.3) is 0 Å². The molecule has 3 aromatic rings. The maximum Gasteiger partial charge on any atom is 0.322 e. The van der Waals surface area contributed by atoms with Gasteiger partial charge in [0.15, 0.2) is 0 Å². The normalized spacial score (nSPS) is 23.3. The number of hydrogen-bond donors (Lipinski definition) is 6. The average molecular weight is 569 g/mol. The molecule has 3 aliphatic rings. The van der Waals surface area contributed by atoms with Gasteiger partial charge in [-0.2, -0.15) is 0 Å². The number of aromatic amines is 1. The lowest BCUT2D eigenvalue weighted by molar-refractivity contribution is -0.142. The first kappa shape index (κ1) is 30.6. The van der Waals surface area contributed by atoms with Crippen LogP contribution in [0.3, 0.4) is 0 Å². The molecular formula is C29H44N8O4. The molecular weight excluding hydrogens is 524 g/mol. The van der Waals surface area contributed by atoms with Gasteiger partial charge in [-0.05, 0) is 77.6 Å². The Hall–Kier alpha value is -3.32. The molecule has 5 atom stereocenters. The SMILES string of the molecule is COC(=O)[C@@H]1CCCN1.C[C@@H](O)[C@@H]1CCCN1.C[C@@H](O)[C@@H]1CCCN1c1ccnc2[nH]cc(-c3ccnc(N)n3)c12. The average Bonchev–Trinajstić information content (AvgIpc) is 3.79. The maximum atomic E-state index is 10.7. The predicted molar refractivity (Wildman–Crippen MR) is 159 cm³/mol. The molecule has 0 aromatic carbocycles. The number of fused-ring (bicyclic) bond motifs is 1. The third kappa shape index (κ3) is 7.70. The maximum absolute atomic E-state index is 10.7. The van der Waals surface area contributed by atoms with Gasteiger partial charge >= 0.3 is 5.97 Å². The van der Waals surface area contributed by atoms with E-state index in [4.69, 9.17) is 10.8 Å². The van der Waals surface area contributed by atoms with Crippen molar-refractivity contribution in [3.05, 3.63) is 30.7 Å². The molecule has 0 spiro atoms. The number of aliphatic hydroxyl groups is 2. The van der Waals surface area contributed by atoms with Crippen LogP contribution < -0.4 is 21.3 Å². The van der Waals surface area contributed by atoms with Gasteiger partial charge in [0.1, 0.15) is 11.7 Å². The molecule has 3 saturated heterocycles. The summed E-state index contributed by atoms with van der Waals surface area (Å²) in [6.07, 6.45) is 11.2. The van der Waals surface area contributed by atoms with E-state index < -0.39 is 0 Å². The van der Waals surface area contributed by atoms with E-state index in [0.29, 0.717) is 6.04 Å². The number of methoxy groups -OCH3 is 1. The Morgan fingerprint density at radius 1 is 1.05 bits per heavy atom. The second-order valence-corrected chi connectivity index (χ2v) is 10.8. The first-order chi connectivity index (χ1) is 19.8. The number of H-pyrrole nitrogens is 1. The van der Waals surface area contributed by atoms with Crippen molar-refractivity contribution < 1.29 is 19.7 Å². The number of esters is 1. The molecule has 0 aliphatic carbocycles. The zero-order valence-corrected chi connectivity index (χ0v) is 24.2. The van der Waals surface area contributed by atoms with Crippen molar-refractivity contribution in [1.29, 1.82) is 0 Å². The predicted octanol–water partition coefficient (Wildman–Crippen LogP) is 1.98. The Bertz CT molecular complexity index is 1250. The lowest BCUT2D eigenvalue weighted by atomic mass is 10.1. The molecule has 3 aromatic heterocycles.